The smallest absolute Gasteiger partial charge is 0.270 e. The molecule has 0 atom stereocenters. The van der Waals surface area contributed by atoms with Crippen LogP contribution in [0.4, 0.5) is 5.69 Å². The minimum Gasteiger partial charge on any atom is -0.490 e. The normalized spacial score (nSPS) is 15.4. The van der Waals surface area contributed by atoms with Crippen molar-refractivity contribution in [3.05, 3.63) is 58.0 Å². The van der Waals surface area contributed by atoms with Gasteiger partial charge in [0, 0.05) is 0 Å². The fraction of sp³-hybridized carbons (Fsp3) is 0.273. The number of hydrogen-bond donors (Lipinski definition) is 0. The van der Waals surface area contributed by atoms with Crippen LogP contribution in [0, 0.1) is 13.8 Å². The van der Waals surface area contributed by atoms with Crippen molar-refractivity contribution in [3.8, 4) is 11.5 Å². The van der Waals surface area contributed by atoms with E-state index in [0.29, 0.717) is 33.9 Å². The number of rotatable bonds is 6. The average Bonchev–Trinajstić information content (AvgIpc) is 2.93. The summed E-state index contributed by atoms with van der Waals surface area (Å²) < 4.78 is 11.8. The van der Waals surface area contributed by atoms with Gasteiger partial charge in [-0.15, -0.1) is 0 Å². The maximum atomic E-state index is 13.0. The summed E-state index contributed by atoms with van der Waals surface area (Å²) in [4.78, 5) is 15.2. The third-order valence-corrected chi connectivity index (χ3v) is 5.71. The van der Waals surface area contributed by atoms with E-state index in [0.717, 1.165) is 16.8 Å². The van der Waals surface area contributed by atoms with E-state index < -0.39 is 0 Å². The van der Waals surface area contributed by atoms with E-state index in [1.54, 1.807) is 4.90 Å². The lowest BCUT2D eigenvalue weighted by Crippen LogP contribution is -2.27. The standard InChI is InChI=1S/C22H23NO3S2/c1-5-25-18-10-8-16(12-19(18)26-6-2)13-20-21(24)23(22(27)28-20)17-9-7-14(3)15(4)11-17/h7-13H,5-6H2,1-4H3. The van der Waals surface area contributed by atoms with Crippen molar-refractivity contribution in [3.63, 3.8) is 0 Å². The molecule has 28 heavy (non-hydrogen) atoms. The quantitative estimate of drug-likeness (QED) is 0.461. The van der Waals surface area contributed by atoms with Gasteiger partial charge in [-0.25, -0.2) is 0 Å². The molecule has 0 aromatic heterocycles. The summed E-state index contributed by atoms with van der Waals surface area (Å²) in [5.41, 5.74) is 3.98. The van der Waals surface area contributed by atoms with Gasteiger partial charge in [0.1, 0.15) is 0 Å². The van der Waals surface area contributed by atoms with E-state index in [4.69, 9.17) is 21.7 Å². The topological polar surface area (TPSA) is 38.8 Å². The minimum atomic E-state index is -0.106. The molecule has 0 N–H and O–H groups in total. The molecule has 4 nitrogen and oxygen atoms in total. The number of thioether (sulfide) groups is 1. The number of ether oxygens (including phenoxy) is 2. The fourth-order valence-electron chi connectivity index (χ4n) is 2.86. The molecule has 0 radical (unpaired) electrons. The molecule has 6 heteroatoms. The monoisotopic (exact) mass is 413 g/mol. The Kier molecular flexibility index (Phi) is 6.42. The lowest BCUT2D eigenvalue weighted by atomic mass is 10.1. The Morgan fingerprint density at radius 1 is 1.00 bits per heavy atom. The first kappa shape index (κ1) is 20.4. The highest BCUT2D eigenvalue weighted by Crippen LogP contribution is 2.37. The van der Waals surface area contributed by atoms with Gasteiger partial charge in [0.2, 0.25) is 0 Å². The van der Waals surface area contributed by atoms with Crippen LogP contribution in [0.15, 0.2) is 41.3 Å². The molecule has 1 aliphatic rings. The lowest BCUT2D eigenvalue weighted by Gasteiger charge is -2.16. The largest absolute Gasteiger partial charge is 0.490 e. The summed E-state index contributed by atoms with van der Waals surface area (Å²) in [5.74, 6) is 1.26. The van der Waals surface area contributed by atoms with E-state index in [2.05, 4.69) is 0 Å². The number of thiocarbonyl (C=S) groups is 1. The summed E-state index contributed by atoms with van der Waals surface area (Å²) >= 11 is 6.79. The van der Waals surface area contributed by atoms with Crippen molar-refractivity contribution in [1.82, 2.24) is 0 Å². The predicted molar refractivity (Wildman–Crippen MR) is 120 cm³/mol. The highest BCUT2D eigenvalue weighted by molar-refractivity contribution is 8.27. The first-order valence-corrected chi connectivity index (χ1v) is 10.4. The average molecular weight is 414 g/mol. The molecule has 0 bridgehead atoms. The maximum absolute atomic E-state index is 13.0. The third-order valence-electron chi connectivity index (χ3n) is 4.41. The van der Waals surface area contributed by atoms with Crippen LogP contribution in [-0.4, -0.2) is 23.4 Å². The van der Waals surface area contributed by atoms with Gasteiger partial charge in [-0.1, -0.05) is 36.1 Å². The summed E-state index contributed by atoms with van der Waals surface area (Å²) in [6.45, 7) is 9.04. The number of aryl methyl sites for hydroxylation is 2. The van der Waals surface area contributed by atoms with Crippen molar-refractivity contribution in [2.24, 2.45) is 0 Å². The van der Waals surface area contributed by atoms with Gasteiger partial charge in [-0.05, 0) is 74.7 Å². The van der Waals surface area contributed by atoms with Crippen LogP contribution in [-0.2, 0) is 4.79 Å². The Morgan fingerprint density at radius 2 is 1.71 bits per heavy atom. The fourth-order valence-corrected chi connectivity index (χ4v) is 4.16. The van der Waals surface area contributed by atoms with Gasteiger partial charge >= 0.3 is 0 Å². The van der Waals surface area contributed by atoms with Crippen molar-refractivity contribution in [2.45, 2.75) is 27.7 Å². The van der Waals surface area contributed by atoms with Gasteiger partial charge in [0.05, 0.1) is 23.8 Å². The number of anilines is 1. The Morgan fingerprint density at radius 3 is 2.39 bits per heavy atom. The molecule has 2 aromatic carbocycles. The SMILES string of the molecule is CCOc1ccc(C=C2SC(=S)N(c3ccc(C)c(C)c3)C2=O)cc1OCC. The maximum Gasteiger partial charge on any atom is 0.270 e. The molecule has 2 aromatic rings. The second-order valence-electron chi connectivity index (χ2n) is 6.36. The zero-order valence-corrected chi connectivity index (χ0v) is 18.1. The van der Waals surface area contributed by atoms with E-state index in [1.165, 1.54) is 17.3 Å². The predicted octanol–water partition coefficient (Wildman–Crippen LogP) is 5.51. The highest BCUT2D eigenvalue weighted by Gasteiger charge is 2.33. The second-order valence-corrected chi connectivity index (χ2v) is 8.03. The van der Waals surface area contributed by atoms with E-state index >= 15 is 0 Å². The van der Waals surface area contributed by atoms with Crippen molar-refractivity contribution in [1.29, 1.82) is 0 Å². The van der Waals surface area contributed by atoms with Crippen LogP contribution in [0.1, 0.15) is 30.5 Å². The summed E-state index contributed by atoms with van der Waals surface area (Å²) in [5, 5.41) is 0. The number of benzene rings is 2. The number of nitrogens with zero attached hydrogens (tertiary/aromatic N) is 1. The molecule has 1 amide bonds. The molecule has 1 fully saturated rings. The van der Waals surface area contributed by atoms with Crippen LogP contribution in [0.5, 0.6) is 11.5 Å². The highest BCUT2D eigenvalue weighted by atomic mass is 32.2. The lowest BCUT2D eigenvalue weighted by molar-refractivity contribution is -0.113. The molecule has 146 valence electrons. The Labute approximate surface area is 175 Å². The molecule has 1 saturated heterocycles. The third kappa shape index (κ3) is 4.23. The molecule has 0 aliphatic carbocycles. The molecule has 0 spiro atoms. The van der Waals surface area contributed by atoms with E-state index in [-0.39, 0.29) is 5.91 Å². The Balaban J connectivity index is 1.91. The number of amides is 1. The van der Waals surface area contributed by atoms with E-state index in [9.17, 15) is 4.79 Å². The number of hydrogen-bond acceptors (Lipinski definition) is 5. The zero-order chi connectivity index (χ0) is 20.3. The molecule has 1 heterocycles. The van der Waals surface area contributed by atoms with Gasteiger partial charge in [-0.2, -0.15) is 0 Å². The molecular weight excluding hydrogens is 390 g/mol. The van der Waals surface area contributed by atoms with Crippen molar-refractivity contribution >= 4 is 46.0 Å². The molecule has 0 saturated carbocycles. The summed E-state index contributed by atoms with van der Waals surface area (Å²) in [6.07, 6.45) is 1.85. The van der Waals surface area contributed by atoms with Crippen LogP contribution in [0.2, 0.25) is 0 Å². The molecule has 3 rings (SSSR count). The van der Waals surface area contributed by atoms with Crippen molar-refractivity contribution in [2.75, 3.05) is 18.1 Å². The first-order chi connectivity index (χ1) is 13.4. The second kappa shape index (κ2) is 8.80. The summed E-state index contributed by atoms with van der Waals surface area (Å²) in [6, 6.07) is 11.6. The number of carbonyl (C=O) groups excluding carboxylic acids is 1. The van der Waals surface area contributed by atoms with Crippen LogP contribution in [0.3, 0.4) is 0 Å². The van der Waals surface area contributed by atoms with E-state index in [1.807, 2.05) is 70.2 Å². The summed E-state index contributed by atoms with van der Waals surface area (Å²) in [7, 11) is 0. The minimum absolute atomic E-state index is 0.106. The number of carbonyl (C=O) groups is 1. The molecule has 0 unspecified atom stereocenters. The Hall–Kier alpha value is -2.31. The van der Waals surface area contributed by atoms with Crippen LogP contribution in [0.25, 0.3) is 6.08 Å². The molecule has 1 aliphatic heterocycles. The van der Waals surface area contributed by atoms with Gasteiger partial charge in [0.25, 0.3) is 5.91 Å². The zero-order valence-electron chi connectivity index (χ0n) is 16.4. The first-order valence-electron chi connectivity index (χ1n) is 9.19. The van der Waals surface area contributed by atoms with Crippen LogP contribution < -0.4 is 14.4 Å². The van der Waals surface area contributed by atoms with Gasteiger partial charge in [0.15, 0.2) is 15.8 Å². The van der Waals surface area contributed by atoms with Gasteiger partial charge in [-0.3, -0.25) is 9.69 Å². The van der Waals surface area contributed by atoms with Crippen molar-refractivity contribution < 1.29 is 14.3 Å². The van der Waals surface area contributed by atoms with Crippen LogP contribution >= 0.6 is 24.0 Å². The Bertz CT molecular complexity index is 953. The molecular formula is C22H23NO3S2. The van der Waals surface area contributed by atoms with Gasteiger partial charge < -0.3 is 9.47 Å².